The standard InChI is InChI=1S/C18H20O5/c1-3-5-10-7-15(21)23-18-16(10)13(20)9-14-17(18)12(19)8-11(22-14)6-4-2/h7,9,11,20H,3-6,8H2,1-2H3. The monoisotopic (exact) mass is 316 g/mol. The minimum atomic E-state index is -0.516. The van der Waals surface area contributed by atoms with Crippen LogP contribution in [0.1, 0.15) is 55.5 Å². The number of carbonyl (C=O) groups is 1. The molecule has 23 heavy (non-hydrogen) atoms. The maximum Gasteiger partial charge on any atom is 0.336 e. The Bertz CT molecular complexity index is 818. The van der Waals surface area contributed by atoms with Gasteiger partial charge in [0.05, 0.1) is 5.39 Å². The molecule has 0 radical (unpaired) electrons. The van der Waals surface area contributed by atoms with Gasteiger partial charge in [-0.2, -0.15) is 0 Å². The maximum absolute atomic E-state index is 12.6. The quantitative estimate of drug-likeness (QED) is 0.872. The minimum Gasteiger partial charge on any atom is -0.507 e. The molecule has 0 bridgehead atoms. The molecule has 2 heterocycles. The van der Waals surface area contributed by atoms with Crippen LogP contribution in [-0.2, 0) is 6.42 Å². The number of hydrogen-bond donors (Lipinski definition) is 1. The van der Waals surface area contributed by atoms with Gasteiger partial charge in [-0.3, -0.25) is 4.79 Å². The van der Waals surface area contributed by atoms with Crippen LogP contribution in [0.15, 0.2) is 21.3 Å². The second-order valence-corrected chi connectivity index (χ2v) is 5.97. The first-order valence-electron chi connectivity index (χ1n) is 8.07. The number of phenols is 1. The van der Waals surface area contributed by atoms with Crippen LogP contribution in [0, 0.1) is 0 Å². The lowest BCUT2D eigenvalue weighted by atomic mass is 9.94. The number of ketones is 1. The van der Waals surface area contributed by atoms with Gasteiger partial charge in [-0.25, -0.2) is 4.79 Å². The number of aryl methyl sites for hydroxylation is 1. The number of fused-ring (bicyclic) bond motifs is 3. The van der Waals surface area contributed by atoms with E-state index in [1.165, 1.54) is 12.1 Å². The SMILES string of the molecule is CCCc1cc(=O)oc2c3c(cc(O)c12)OC(CCC)CC3=O. The minimum absolute atomic E-state index is 0.0177. The molecule has 3 rings (SSSR count). The van der Waals surface area contributed by atoms with E-state index in [0.717, 1.165) is 19.3 Å². The molecule has 5 nitrogen and oxygen atoms in total. The van der Waals surface area contributed by atoms with Gasteiger partial charge in [0.1, 0.15) is 23.2 Å². The summed E-state index contributed by atoms with van der Waals surface area (Å²) in [6.45, 7) is 4.01. The van der Waals surface area contributed by atoms with E-state index in [1.807, 2.05) is 13.8 Å². The van der Waals surface area contributed by atoms with Crippen LogP contribution >= 0.6 is 0 Å². The molecule has 1 aliphatic rings. The van der Waals surface area contributed by atoms with Gasteiger partial charge in [-0.15, -0.1) is 0 Å². The lowest BCUT2D eigenvalue weighted by Gasteiger charge is -2.25. The summed E-state index contributed by atoms with van der Waals surface area (Å²) < 4.78 is 11.1. The van der Waals surface area contributed by atoms with Gasteiger partial charge in [0.2, 0.25) is 0 Å². The molecule has 0 fully saturated rings. The Balaban J connectivity index is 2.26. The third-order valence-electron chi connectivity index (χ3n) is 4.16. The molecule has 1 aromatic carbocycles. The van der Waals surface area contributed by atoms with Crippen LogP contribution in [0.25, 0.3) is 11.0 Å². The molecule has 0 saturated heterocycles. The summed E-state index contributed by atoms with van der Waals surface area (Å²) in [5.74, 6) is 0.184. The first kappa shape index (κ1) is 15.6. The van der Waals surface area contributed by atoms with Crippen molar-refractivity contribution >= 4 is 16.8 Å². The summed E-state index contributed by atoms with van der Waals surface area (Å²) in [7, 11) is 0. The lowest BCUT2D eigenvalue weighted by molar-refractivity contribution is 0.0839. The second-order valence-electron chi connectivity index (χ2n) is 5.97. The zero-order chi connectivity index (χ0) is 16.6. The summed E-state index contributed by atoms with van der Waals surface area (Å²) in [6, 6.07) is 2.85. The van der Waals surface area contributed by atoms with Crippen molar-refractivity contribution in [3.8, 4) is 11.5 Å². The number of carbonyl (C=O) groups excluding carboxylic acids is 1. The Labute approximate surface area is 133 Å². The fraction of sp³-hybridized carbons (Fsp3) is 0.444. The highest BCUT2D eigenvalue weighted by atomic mass is 16.5. The molecule has 1 unspecified atom stereocenters. The predicted octanol–water partition coefficient (Wildman–Crippen LogP) is 3.59. The van der Waals surface area contributed by atoms with E-state index in [0.29, 0.717) is 23.1 Å². The fourth-order valence-corrected chi connectivity index (χ4v) is 3.22. The molecular formula is C18H20O5. The summed E-state index contributed by atoms with van der Waals surface area (Å²) in [4.78, 5) is 24.4. The van der Waals surface area contributed by atoms with Crippen LogP contribution < -0.4 is 10.4 Å². The average molecular weight is 316 g/mol. The van der Waals surface area contributed by atoms with Crippen molar-refractivity contribution < 1.29 is 19.1 Å². The Hall–Kier alpha value is -2.30. The molecule has 0 saturated carbocycles. The number of Topliss-reactive ketones (excluding diaryl/α,β-unsaturated/α-hetero) is 1. The summed E-state index contributed by atoms with van der Waals surface area (Å²) in [5, 5.41) is 10.8. The van der Waals surface area contributed by atoms with Crippen LogP contribution in [0.2, 0.25) is 0 Å². The summed E-state index contributed by atoms with van der Waals surface area (Å²) in [5.41, 5.74) is 0.607. The van der Waals surface area contributed by atoms with Crippen molar-refractivity contribution in [2.75, 3.05) is 0 Å². The molecular weight excluding hydrogens is 296 g/mol. The molecule has 0 amide bonds. The predicted molar refractivity (Wildman–Crippen MR) is 86.4 cm³/mol. The second kappa shape index (κ2) is 6.07. The summed E-state index contributed by atoms with van der Waals surface area (Å²) >= 11 is 0. The smallest absolute Gasteiger partial charge is 0.336 e. The van der Waals surface area contributed by atoms with Crippen molar-refractivity contribution in [2.45, 2.75) is 52.1 Å². The van der Waals surface area contributed by atoms with E-state index < -0.39 is 5.63 Å². The van der Waals surface area contributed by atoms with E-state index in [9.17, 15) is 14.7 Å². The van der Waals surface area contributed by atoms with Crippen molar-refractivity contribution in [1.29, 1.82) is 0 Å². The molecule has 0 spiro atoms. The third-order valence-corrected chi connectivity index (χ3v) is 4.16. The Morgan fingerprint density at radius 3 is 2.70 bits per heavy atom. The number of ether oxygens (including phenoxy) is 1. The zero-order valence-electron chi connectivity index (χ0n) is 13.3. The van der Waals surface area contributed by atoms with Crippen molar-refractivity contribution in [3.05, 3.63) is 33.7 Å². The van der Waals surface area contributed by atoms with Gasteiger partial charge in [0.25, 0.3) is 0 Å². The van der Waals surface area contributed by atoms with Crippen LogP contribution in [-0.4, -0.2) is 17.0 Å². The number of hydrogen-bond acceptors (Lipinski definition) is 5. The van der Waals surface area contributed by atoms with E-state index >= 15 is 0 Å². The van der Waals surface area contributed by atoms with Crippen LogP contribution in [0.3, 0.4) is 0 Å². The summed E-state index contributed by atoms with van der Waals surface area (Å²) in [6.07, 6.45) is 3.19. The number of rotatable bonds is 4. The van der Waals surface area contributed by atoms with E-state index in [2.05, 4.69) is 0 Å². The van der Waals surface area contributed by atoms with Gasteiger partial charge in [0, 0.05) is 18.6 Å². The normalized spacial score (nSPS) is 17.1. The highest BCUT2D eigenvalue weighted by Crippen LogP contribution is 2.40. The molecule has 1 N–H and O–H groups in total. The molecule has 1 atom stereocenters. The van der Waals surface area contributed by atoms with E-state index in [4.69, 9.17) is 9.15 Å². The number of benzene rings is 1. The van der Waals surface area contributed by atoms with Gasteiger partial charge >= 0.3 is 5.63 Å². The number of phenolic OH excluding ortho intramolecular Hbond substituents is 1. The largest absolute Gasteiger partial charge is 0.507 e. The lowest BCUT2D eigenvalue weighted by Crippen LogP contribution is -2.27. The maximum atomic E-state index is 12.6. The van der Waals surface area contributed by atoms with E-state index in [-0.39, 0.29) is 35.2 Å². The van der Waals surface area contributed by atoms with Crippen molar-refractivity contribution in [2.24, 2.45) is 0 Å². The molecule has 2 aromatic rings. The molecule has 0 aliphatic carbocycles. The highest BCUT2D eigenvalue weighted by Gasteiger charge is 2.31. The molecule has 5 heteroatoms. The topological polar surface area (TPSA) is 76.7 Å². The average Bonchev–Trinajstić information content (AvgIpc) is 2.46. The molecule has 122 valence electrons. The first-order valence-corrected chi connectivity index (χ1v) is 8.07. The van der Waals surface area contributed by atoms with Gasteiger partial charge in [-0.05, 0) is 18.4 Å². The Morgan fingerprint density at radius 1 is 1.22 bits per heavy atom. The molecule has 1 aliphatic heterocycles. The van der Waals surface area contributed by atoms with Crippen molar-refractivity contribution in [3.63, 3.8) is 0 Å². The van der Waals surface area contributed by atoms with Gasteiger partial charge < -0.3 is 14.3 Å². The van der Waals surface area contributed by atoms with Gasteiger partial charge in [0.15, 0.2) is 11.4 Å². The Morgan fingerprint density at radius 2 is 2.00 bits per heavy atom. The van der Waals surface area contributed by atoms with E-state index in [1.54, 1.807) is 0 Å². The van der Waals surface area contributed by atoms with Crippen molar-refractivity contribution in [1.82, 2.24) is 0 Å². The molecule has 1 aromatic heterocycles. The fourth-order valence-electron chi connectivity index (χ4n) is 3.22. The van der Waals surface area contributed by atoms with Crippen LogP contribution in [0.4, 0.5) is 0 Å². The zero-order valence-corrected chi connectivity index (χ0v) is 13.3. The first-order chi connectivity index (χ1) is 11.0. The highest BCUT2D eigenvalue weighted by molar-refractivity contribution is 6.11. The van der Waals surface area contributed by atoms with Gasteiger partial charge in [-0.1, -0.05) is 26.7 Å². The van der Waals surface area contributed by atoms with Crippen LogP contribution in [0.5, 0.6) is 11.5 Å². The number of aromatic hydroxyl groups is 1. The third kappa shape index (κ3) is 2.71. The Kier molecular flexibility index (Phi) is 4.11.